The lowest BCUT2D eigenvalue weighted by molar-refractivity contribution is 0.0827. The average molecular weight is 304 g/mol. The summed E-state index contributed by atoms with van der Waals surface area (Å²) in [5, 5.41) is 32.3. The molecule has 0 saturated carbocycles. The summed E-state index contributed by atoms with van der Waals surface area (Å²) in [6.45, 7) is 1.24. The SMILES string of the molecule is CCCCOP(=O)(OCCO)OCCO.OCCO. The second kappa shape index (κ2) is 16.0. The Labute approximate surface area is 113 Å². The first kappa shape index (κ1) is 21.3. The van der Waals surface area contributed by atoms with E-state index in [4.69, 9.17) is 34.0 Å². The van der Waals surface area contributed by atoms with E-state index in [9.17, 15) is 4.57 Å². The van der Waals surface area contributed by atoms with Crippen LogP contribution in [0, 0.1) is 0 Å². The summed E-state index contributed by atoms with van der Waals surface area (Å²) in [6, 6.07) is 0. The van der Waals surface area contributed by atoms with Gasteiger partial charge in [-0.25, -0.2) is 4.57 Å². The predicted molar refractivity (Wildman–Crippen MR) is 68.7 cm³/mol. The summed E-state index contributed by atoms with van der Waals surface area (Å²) in [6.07, 6.45) is 1.65. The molecule has 0 radical (unpaired) electrons. The molecular weight excluding hydrogens is 279 g/mol. The van der Waals surface area contributed by atoms with Crippen LogP contribution in [0.4, 0.5) is 0 Å². The van der Waals surface area contributed by atoms with Crippen molar-refractivity contribution in [3.8, 4) is 0 Å². The minimum absolute atomic E-state index is 0.116. The van der Waals surface area contributed by atoms with Gasteiger partial charge in [-0.3, -0.25) is 13.6 Å². The first-order valence-electron chi connectivity index (χ1n) is 6.07. The Balaban J connectivity index is 0. The molecule has 0 heterocycles. The molecule has 0 spiro atoms. The molecule has 0 aromatic rings. The summed E-state index contributed by atoms with van der Waals surface area (Å²) in [5.41, 5.74) is 0. The van der Waals surface area contributed by atoms with E-state index in [0.717, 1.165) is 12.8 Å². The van der Waals surface area contributed by atoms with E-state index in [1.807, 2.05) is 6.92 Å². The zero-order valence-electron chi connectivity index (χ0n) is 11.2. The smallest absolute Gasteiger partial charge is 0.394 e. The van der Waals surface area contributed by atoms with Gasteiger partial charge in [0.1, 0.15) is 0 Å². The van der Waals surface area contributed by atoms with Crippen LogP contribution in [0.15, 0.2) is 0 Å². The maximum atomic E-state index is 11.7. The molecule has 4 N–H and O–H groups in total. The topological polar surface area (TPSA) is 126 Å². The van der Waals surface area contributed by atoms with Crippen molar-refractivity contribution in [2.75, 3.05) is 46.2 Å². The van der Waals surface area contributed by atoms with E-state index in [1.165, 1.54) is 0 Å². The Morgan fingerprint density at radius 3 is 1.53 bits per heavy atom. The van der Waals surface area contributed by atoms with Gasteiger partial charge in [-0.15, -0.1) is 0 Å². The molecule has 19 heavy (non-hydrogen) atoms. The first-order valence-corrected chi connectivity index (χ1v) is 7.53. The highest BCUT2D eigenvalue weighted by Crippen LogP contribution is 2.49. The molecule has 0 fully saturated rings. The van der Waals surface area contributed by atoms with Crippen LogP contribution < -0.4 is 0 Å². The summed E-state index contributed by atoms with van der Waals surface area (Å²) in [4.78, 5) is 0. The summed E-state index contributed by atoms with van der Waals surface area (Å²) < 4.78 is 26.2. The molecule has 0 aliphatic carbocycles. The number of hydrogen-bond donors (Lipinski definition) is 4. The van der Waals surface area contributed by atoms with E-state index in [0.29, 0.717) is 0 Å². The molecule has 9 heteroatoms. The number of aliphatic hydroxyl groups is 4. The van der Waals surface area contributed by atoms with Gasteiger partial charge in [0.2, 0.25) is 0 Å². The zero-order valence-corrected chi connectivity index (χ0v) is 12.1. The lowest BCUT2D eigenvalue weighted by Gasteiger charge is -2.16. The fourth-order valence-electron chi connectivity index (χ4n) is 0.738. The summed E-state index contributed by atoms with van der Waals surface area (Å²) >= 11 is 0. The molecule has 0 aliphatic heterocycles. The third-order valence-electron chi connectivity index (χ3n) is 1.53. The van der Waals surface area contributed by atoms with E-state index in [-0.39, 0.29) is 46.2 Å². The van der Waals surface area contributed by atoms with Crippen LogP contribution in [-0.4, -0.2) is 66.7 Å². The van der Waals surface area contributed by atoms with Crippen molar-refractivity contribution in [2.24, 2.45) is 0 Å². The quantitative estimate of drug-likeness (QED) is 0.308. The van der Waals surface area contributed by atoms with Crippen LogP contribution in [0.3, 0.4) is 0 Å². The Kier molecular flexibility index (Phi) is 17.9. The highest BCUT2D eigenvalue weighted by molar-refractivity contribution is 7.48. The van der Waals surface area contributed by atoms with Crippen LogP contribution in [0.2, 0.25) is 0 Å². The molecule has 118 valence electrons. The molecular formula is C10H25O8P. The maximum absolute atomic E-state index is 11.7. The Bertz CT molecular complexity index is 200. The fraction of sp³-hybridized carbons (Fsp3) is 1.00. The molecule has 0 bridgehead atoms. The predicted octanol–water partition coefficient (Wildman–Crippen LogP) is -0.100. The first-order chi connectivity index (χ1) is 9.10. The van der Waals surface area contributed by atoms with Crippen molar-refractivity contribution in [3.63, 3.8) is 0 Å². The number of aliphatic hydroxyl groups excluding tert-OH is 4. The van der Waals surface area contributed by atoms with Gasteiger partial charge in [-0.05, 0) is 6.42 Å². The van der Waals surface area contributed by atoms with Crippen LogP contribution in [0.1, 0.15) is 19.8 Å². The van der Waals surface area contributed by atoms with Crippen molar-refractivity contribution < 1.29 is 38.6 Å². The minimum Gasteiger partial charge on any atom is -0.394 e. The fourth-order valence-corrected chi connectivity index (χ4v) is 1.92. The lowest BCUT2D eigenvalue weighted by Crippen LogP contribution is -2.07. The van der Waals surface area contributed by atoms with Gasteiger partial charge in [-0.1, -0.05) is 13.3 Å². The van der Waals surface area contributed by atoms with Gasteiger partial charge in [0.15, 0.2) is 0 Å². The van der Waals surface area contributed by atoms with E-state index in [2.05, 4.69) is 0 Å². The molecule has 0 amide bonds. The van der Waals surface area contributed by atoms with E-state index >= 15 is 0 Å². The van der Waals surface area contributed by atoms with Gasteiger partial charge in [-0.2, -0.15) is 0 Å². The van der Waals surface area contributed by atoms with Crippen molar-refractivity contribution in [1.82, 2.24) is 0 Å². The standard InChI is InChI=1S/C8H19O6P.C2H6O2/c1-2-3-6-12-15(11,13-7-4-9)14-8-5-10;3-1-2-4/h9-10H,2-8H2,1H3;3-4H,1-2H2. The second-order valence-electron chi connectivity index (χ2n) is 3.19. The van der Waals surface area contributed by atoms with Crippen LogP contribution in [0.25, 0.3) is 0 Å². The van der Waals surface area contributed by atoms with Gasteiger partial charge in [0.05, 0.1) is 46.2 Å². The molecule has 0 atom stereocenters. The Hall–Kier alpha value is -0.0500. The van der Waals surface area contributed by atoms with Crippen LogP contribution >= 0.6 is 7.82 Å². The van der Waals surface area contributed by atoms with Crippen molar-refractivity contribution in [2.45, 2.75) is 19.8 Å². The minimum atomic E-state index is -3.60. The summed E-state index contributed by atoms with van der Waals surface area (Å²) in [5.74, 6) is 0. The number of unbranched alkanes of at least 4 members (excludes halogenated alkanes) is 1. The van der Waals surface area contributed by atoms with Crippen molar-refractivity contribution in [1.29, 1.82) is 0 Å². The molecule has 0 saturated heterocycles. The number of phosphoric acid groups is 1. The number of hydrogen-bond acceptors (Lipinski definition) is 8. The van der Waals surface area contributed by atoms with Gasteiger partial charge in [0.25, 0.3) is 0 Å². The number of phosphoric ester groups is 1. The Morgan fingerprint density at radius 1 is 0.789 bits per heavy atom. The summed E-state index contributed by atoms with van der Waals surface area (Å²) in [7, 11) is -3.60. The highest BCUT2D eigenvalue weighted by Gasteiger charge is 2.25. The van der Waals surface area contributed by atoms with Crippen molar-refractivity contribution in [3.05, 3.63) is 0 Å². The molecule has 0 aromatic carbocycles. The Morgan fingerprint density at radius 2 is 1.21 bits per heavy atom. The third-order valence-corrected chi connectivity index (χ3v) is 3.03. The van der Waals surface area contributed by atoms with Crippen LogP contribution in [-0.2, 0) is 18.1 Å². The van der Waals surface area contributed by atoms with Gasteiger partial charge in [0, 0.05) is 0 Å². The van der Waals surface area contributed by atoms with Crippen LogP contribution in [0.5, 0.6) is 0 Å². The van der Waals surface area contributed by atoms with Gasteiger partial charge < -0.3 is 20.4 Å². The third kappa shape index (κ3) is 15.9. The van der Waals surface area contributed by atoms with E-state index in [1.54, 1.807) is 0 Å². The molecule has 0 aromatic heterocycles. The average Bonchev–Trinajstić information content (AvgIpc) is 2.44. The second-order valence-corrected chi connectivity index (χ2v) is 4.86. The highest BCUT2D eigenvalue weighted by atomic mass is 31.2. The number of rotatable bonds is 11. The maximum Gasteiger partial charge on any atom is 0.474 e. The molecule has 0 unspecified atom stereocenters. The molecule has 0 aliphatic rings. The van der Waals surface area contributed by atoms with Crippen molar-refractivity contribution >= 4 is 7.82 Å². The monoisotopic (exact) mass is 304 g/mol. The van der Waals surface area contributed by atoms with Gasteiger partial charge >= 0.3 is 7.82 Å². The molecule has 8 nitrogen and oxygen atoms in total. The molecule has 0 rings (SSSR count). The lowest BCUT2D eigenvalue weighted by atomic mass is 10.4. The normalized spacial score (nSPS) is 11.0. The largest absolute Gasteiger partial charge is 0.474 e. The van der Waals surface area contributed by atoms with E-state index < -0.39 is 7.82 Å². The zero-order chi connectivity index (χ0) is 15.0.